The van der Waals surface area contributed by atoms with Gasteiger partial charge < -0.3 is 10.2 Å². The second kappa shape index (κ2) is 6.82. The molecule has 1 aliphatic rings. The van der Waals surface area contributed by atoms with Crippen molar-refractivity contribution in [1.82, 2.24) is 9.13 Å². The lowest BCUT2D eigenvalue weighted by atomic mass is 9.95. The van der Waals surface area contributed by atoms with Crippen molar-refractivity contribution in [2.75, 3.05) is 23.3 Å². The number of benzene rings is 1. The van der Waals surface area contributed by atoms with Gasteiger partial charge in [-0.3, -0.25) is 13.9 Å². The van der Waals surface area contributed by atoms with Crippen LogP contribution in [0.1, 0.15) is 47.5 Å². The van der Waals surface area contributed by atoms with E-state index < -0.39 is 5.41 Å². The Morgan fingerprint density at radius 2 is 1.58 bits per heavy atom. The molecule has 3 rings (SSSR count). The molecule has 26 heavy (non-hydrogen) atoms. The van der Waals surface area contributed by atoms with Gasteiger partial charge in [0.1, 0.15) is 0 Å². The van der Waals surface area contributed by atoms with Crippen LogP contribution in [0, 0.1) is 5.41 Å². The molecule has 1 aromatic heterocycles. The van der Waals surface area contributed by atoms with Crippen LogP contribution in [-0.2, 0) is 17.9 Å². The van der Waals surface area contributed by atoms with Crippen molar-refractivity contribution in [3.63, 3.8) is 0 Å². The van der Waals surface area contributed by atoms with Gasteiger partial charge in [-0.05, 0) is 38.8 Å². The molecule has 0 unspecified atom stereocenters. The average molecular weight is 358 g/mol. The first-order valence-corrected chi connectivity index (χ1v) is 9.61. The number of nitrogens with one attached hydrogen (secondary N) is 1. The van der Waals surface area contributed by atoms with E-state index in [4.69, 9.17) is 0 Å². The zero-order valence-electron chi connectivity index (χ0n) is 16.6. The van der Waals surface area contributed by atoms with Crippen LogP contribution >= 0.6 is 0 Å². The van der Waals surface area contributed by atoms with Crippen LogP contribution in [0.5, 0.6) is 0 Å². The van der Waals surface area contributed by atoms with Crippen LogP contribution in [0.15, 0.2) is 16.9 Å². The van der Waals surface area contributed by atoms with Crippen LogP contribution < -0.4 is 15.9 Å². The Morgan fingerprint density at radius 1 is 1.04 bits per heavy atom. The van der Waals surface area contributed by atoms with E-state index in [0.29, 0.717) is 13.1 Å². The van der Waals surface area contributed by atoms with Crippen molar-refractivity contribution in [3.05, 3.63) is 22.6 Å². The molecule has 6 heteroatoms. The second-order valence-corrected chi connectivity index (χ2v) is 8.03. The zero-order chi connectivity index (χ0) is 19.1. The Hall–Kier alpha value is -2.24. The fourth-order valence-electron chi connectivity index (χ4n) is 3.59. The fourth-order valence-corrected chi connectivity index (χ4v) is 3.59. The van der Waals surface area contributed by atoms with Crippen molar-refractivity contribution in [2.45, 2.75) is 60.5 Å². The number of nitrogens with zero attached hydrogens (tertiary/aromatic N) is 3. The van der Waals surface area contributed by atoms with Gasteiger partial charge in [0.2, 0.25) is 5.91 Å². The summed E-state index contributed by atoms with van der Waals surface area (Å²) in [6, 6.07) is 4.06. The summed E-state index contributed by atoms with van der Waals surface area (Å²) < 4.78 is 3.59. The summed E-state index contributed by atoms with van der Waals surface area (Å²) in [7, 11) is 0. The summed E-state index contributed by atoms with van der Waals surface area (Å²) in [5.41, 5.74) is 3.17. The van der Waals surface area contributed by atoms with Crippen LogP contribution in [0.4, 0.5) is 11.4 Å². The van der Waals surface area contributed by atoms with E-state index in [9.17, 15) is 9.59 Å². The van der Waals surface area contributed by atoms with Gasteiger partial charge in [-0.1, -0.05) is 20.8 Å². The predicted octanol–water partition coefficient (Wildman–Crippen LogP) is 3.43. The quantitative estimate of drug-likeness (QED) is 0.911. The van der Waals surface area contributed by atoms with Crippen molar-refractivity contribution < 1.29 is 4.79 Å². The molecule has 0 bridgehead atoms. The van der Waals surface area contributed by atoms with Gasteiger partial charge in [0, 0.05) is 31.6 Å². The molecule has 1 saturated heterocycles. The number of carbonyl (C=O) groups excluding carboxylic acids is 1. The Bertz CT molecular complexity index is 880. The first-order chi connectivity index (χ1) is 12.3. The topological polar surface area (TPSA) is 59.3 Å². The average Bonchev–Trinajstić information content (AvgIpc) is 3.18. The molecule has 1 aromatic carbocycles. The summed E-state index contributed by atoms with van der Waals surface area (Å²) in [4.78, 5) is 27.6. The van der Waals surface area contributed by atoms with Gasteiger partial charge in [0.15, 0.2) is 0 Å². The molecular formula is C20H30N4O2. The molecule has 0 saturated carbocycles. The normalized spacial score (nSPS) is 15.0. The third-order valence-electron chi connectivity index (χ3n) is 5.14. The summed E-state index contributed by atoms with van der Waals surface area (Å²) in [6.07, 6.45) is 2.31. The smallest absolute Gasteiger partial charge is 0.329 e. The maximum absolute atomic E-state index is 12.7. The summed E-state index contributed by atoms with van der Waals surface area (Å²) in [6.45, 7) is 12.9. The molecule has 0 aliphatic carbocycles. The van der Waals surface area contributed by atoms with E-state index in [1.165, 1.54) is 0 Å². The second-order valence-electron chi connectivity index (χ2n) is 8.03. The first-order valence-electron chi connectivity index (χ1n) is 9.61. The van der Waals surface area contributed by atoms with Gasteiger partial charge >= 0.3 is 5.69 Å². The van der Waals surface area contributed by atoms with Crippen molar-refractivity contribution in [2.24, 2.45) is 5.41 Å². The number of imidazole rings is 1. The Morgan fingerprint density at radius 3 is 2.08 bits per heavy atom. The molecule has 0 radical (unpaired) electrons. The lowest BCUT2D eigenvalue weighted by molar-refractivity contribution is -0.123. The minimum atomic E-state index is -0.475. The largest absolute Gasteiger partial charge is 0.370 e. The van der Waals surface area contributed by atoms with E-state index in [0.717, 1.165) is 48.3 Å². The van der Waals surface area contributed by atoms with Crippen molar-refractivity contribution in [3.8, 4) is 0 Å². The highest BCUT2D eigenvalue weighted by Gasteiger charge is 2.25. The Labute approximate surface area is 154 Å². The van der Waals surface area contributed by atoms with E-state index in [1.54, 1.807) is 4.57 Å². The standard InChI is InChI=1S/C20H30N4O2/c1-6-23-16-12-14(21-18(25)20(3,4)5)15(22-10-8-9-11-22)13-17(16)24(7-2)19(23)26/h12-13H,6-11H2,1-5H3,(H,21,25). The number of hydrogen-bond donors (Lipinski definition) is 1. The van der Waals surface area contributed by atoms with Crippen molar-refractivity contribution >= 4 is 28.3 Å². The highest BCUT2D eigenvalue weighted by molar-refractivity contribution is 6.00. The van der Waals surface area contributed by atoms with E-state index in [2.05, 4.69) is 16.3 Å². The third-order valence-corrected chi connectivity index (χ3v) is 5.14. The number of amides is 1. The minimum Gasteiger partial charge on any atom is -0.370 e. The monoisotopic (exact) mass is 358 g/mol. The van der Waals surface area contributed by atoms with E-state index in [-0.39, 0.29) is 11.6 Å². The zero-order valence-corrected chi connectivity index (χ0v) is 16.6. The maximum Gasteiger partial charge on any atom is 0.329 e. The number of fused-ring (bicyclic) bond motifs is 1. The van der Waals surface area contributed by atoms with Gasteiger partial charge in [0.25, 0.3) is 0 Å². The number of rotatable bonds is 4. The molecule has 0 spiro atoms. The fraction of sp³-hybridized carbons (Fsp3) is 0.600. The molecule has 0 atom stereocenters. The van der Waals surface area contributed by atoms with E-state index >= 15 is 0 Å². The molecule has 1 N–H and O–H groups in total. The maximum atomic E-state index is 12.7. The molecule has 6 nitrogen and oxygen atoms in total. The highest BCUT2D eigenvalue weighted by Crippen LogP contribution is 2.34. The van der Waals surface area contributed by atoms with Crippen LogP contribution in [0.3, 0.4) is 0 Å². The third kappa shape index (κ3) is 3.13. The predicted molar refractivity (Wildman–Crippen MR) is 107 cm³/mol. The molecule has 1 fully saturated rings. The number of aryl methyl sites for hydroxylation is 2. The van der Waals surface area contributed by atoms with Gasteiger partial charge in [-0.2, -0.15) is 0 Å². The highest BCUT2D eigenvalue weighted by atomic mass is 16.2. The first kappa shape index (κ1) is 18.5. The van der Waals surface area contributed by atoms with Crippen LogP contribution in [0.25, 0.3) is 11.0 Å². The number of anilines is 2. The van der Waals surface area contributed by atoms with Gasteiger partial charge in [0.05, 0.1) is 22.4 Å². The summed E-state index contributed by atoms with van der Waals surface area (Å²) in [5.74, 6) is -0.0161. The number of hydrogen-bond acceptors (Lipinski definition) is 3. The SMILES string of the molecule is CCn1c(=O)n(CC)c2cc(N3CCCC3)c(NC(=O)C(C)(C)C)cc21. The molecule has 142 valence electrons. The number of aromatic nitrogens is 2. The molecule has 1 aliphatic heterocycles. The van der Waals surface area contributed by atoms with Gasteiger partial charge in [-0.15, -0.1) is 0 Å². The van der Waals surface area contributed by atoms with Crippen LogP contribution in [-0.4, -0.2) is 28.1 Å². The molecule has 2 aromatic rings. The number of carbonyl (C=O) groups is 1. The summed E-state index contributed by atoms with van der Waals surface area (Å²) in [5, 5.41) is 3.11. The lowest BCUT2D eigenvalue weighted by Crippen LogP contribution is -2.29. The molecule has 1 amide bonds. The Kier molecular flexibility index (Phi) is 4.86. The summed E-state index contributed by atoms with van der Waals surface area (Å²) >= 11 is 0. The van der Waals surface area contributed by atoms with Gasteiger partial charge in [-0.25, -0.2) is 4.79 Å². The van der Waals surface area contributed by atoms with E-state index in [1.807, 2.05) is 45.3 Å². The van der Waals surface area contributed by atoms with Crippen LogP contribution in [0.2, 0.25) is 0 Å². The Balaban J connectivity index is 2.21. The lowest BCUT2D eigenvalue weighted by Gasteiger charge is -2.24. The molecular weight excluding hydrogens is 328 g/mol. The molecule has 2 heterocycles. The minimum absolute atomic E-state index is 0.0108. The van der Waals surface area contributed by atoms with Crippen molar-refractivity contribution in [1.29, 1.82) is 0 Å².